The molecule has 2 N–H and O–H groups in total. The Kier molecular flexibility index (Phi) is 3.99. The lowest BCUT2D eigenvalue weighted by Gasteiger charge is -2.26. The fraction of sp³-hybridized carbons (Fsp3) is 0.846. The zero-order valence-electron chi connectivity index (χ0n) is 11.5. The van der Waals surface area contributed by atoms with E-state index in [9.17, 15) is 14.7 Å². The maximum absolute atomic E-state index is 12.2. The number of rotatable bonds is 3. The summed E-state index contributed by atoms with van der Waals surface area (Å²) in [7, 11) is 1.63. The van der Waals surface area contributed by atoms with Crippen molar-refractivity contribution in [2.75, 3.05) is 26.7 Å². The third kappa shape index (κ3) is 2.83. The molecule has 108 valence electrons. The SMILES string of the molecule is CC(CN(C)C(=O)N1CC2CCC(O)C2C1)C(=O)O. The van der Waals surface area contributed by atoms with E-state index in [2.05, 4.69) is 0 Å². The van der Waals surface area contributed by atoms with Crippen LogP contribution < -0.4 is 0 Å². The maximum atomic E-state index is 12.2. The molecule has 0 aromatic heterocycles. The van der Waals surface area contributed by atoms with Crippen molar-refractivity contribution in [2.45, 2.75) is 25.9 Å². The van der Waals surface area contributed by atoms with Gasteiger partial charge < -0.3 is 20.0 Å². The molecule has 4 unspecified atom stereocenters. The van der Waals surface area contributed by atoms with Crippen molar-refractivity contribution < 1.29 is 19.8 Å². The molecule has 1 aliphatic heterocycles. The van der Waals surface area contributed by atoms with Crippen molar-refractivity contribution in [2.24, 2.45) is 17.8 Å². The quantitative estimate of drug-likeness (QED) is 0.780. The van der Waals surface area contributed by atoms with Crippen LogP contribution in [-0.4, -0.2) is 64.8 Å². The first kappa shape index (κ1) is 14.1. The highest BCUT2D eigenvalue weighted by Gasteiger charge is 2.43. The first-order valence-electron chi connectivity index (χ1n) is 6.81. The van der Waals surface area contributed by atoms with Crippen LogP contribution >= 0.6 is 0 Å². The van der Waals surface area contributed by atoms with E-state index >= 15 is 0 Å². The van der Waals surface area contributed by atoms with Gasteiger partial charge in [0.15, 0.2) is 0 Å². The third-order valence-electron chi connectivity index (χ3n) is 4.39. The normalized spacial score (nSPS) is 31.1. The molecule has 0 aromatic carbocycles. The van der Waals surface area contributed by atoms with Crippen LogP contribution in [0.3, 0.4) is 0 Å². The molecule has 2 amide bonds. The number of fused-ring (bicyclic) bond motifs is 1. The zero-order chi connectivity index (χ0) is 14.2. The van der Waals surface area contributed by atoms with E-state index in [-0.39, 0.29) is 24.6 Å². The summed E-state index contributed by atoms with van der Waals surface area (Å²) in [4.78, 5) is 26.2. The topological polar surface area (TPSA) is 81.1 Å². The summed E-state index contributed by atoms with van der Waals surface area (Å²) in [5, 5.41) is 18.7. The Bertz CT molecular complexity index is 374. The van der Waals surface area contributed by atoms with Crippen LogP contribution in [0.15, 0.2) is 0 Å². The third-order valence-corrected chi connectivity index (χ3v) is 4.39. The van der Waals surface area contributed by atoms with Gasteiger partial charge in [-0.25, -0.2) is 4.79 Å². The second kappa shape index (κ2) is 5.36. The molecule has 6 nitrogen and oxygen atoms in total. The lowest BCUT2D eigenvalue weighted by atomic mass is 10.00. The van der Waals surface area contributed by atoms with E-state index in [0.29, 0.717) is 19.0 Å². The van der Waals surface area contributed by atoms with Gasteiger partial charge in [-0.1, -0.05) is 6.92 Å². The number of aliphatic hydroxyl groups is 1. The predicted molar refractivity (Wildman–Crippen MR) is 68.6 cm³/mol. The molecule has 1 aliphatic carbocycles. The van der Waals surface area contributed by atoms with Crippen LogP contribution in [0.1, 0.15) is 19.8 Å². The Morgan fingerprint density at radius 2 is 2.05 bits per heavy atom. The highest BCUT2D eigenvalue weighted by Crippen LogP contribution is 2.38. The van der Waals surface area contributed by atoms with E-state index in [0.717, 1.165) is 12.8 Å². The fourth-order valence-corrected chi connectivity index (χ4v) is 3.20. The average molecular weight is 270 g/mol. The zero-order valence-corrected chi connectivity index (χ0v) is 11.5. The Hall–Kier alpha value is -1.30. The number of urea groups is 1. The summed E-state index contributed by atoms with van der Waals surface area (Å²) < 4.78 is 0. The molecule has 1 saturated heterocycles. The van der Waals surface area contributed by atoms with Gasteiger partial charge in [0, 0.05) is 32.6 Å². The van der Waals surface area contributed by atoms with Crippen molar-refractivity contribution in [3.8, 4) is 0 Å². The number of carbonyl (C=O) groups is 2. The summed E-state index contributed by atoms with van der Waals surface area (Å²) in [5.74, 6) is -0.853. The summed E-state index contributed by atoms with van der Waals surface area (Å²) >= 11 is 0. The second-order valence-corrected chi connectivity index (χ2v) is 5.88. The van der Waals surface area contributed by atoms with Gasteiger partial charge in [0.25, 0.3) is 0 Å². The number of amides is 2. The molecule has 19 heavy (non-hydrogen) atoms. The Morgan fingerprint density at radius 1 is 1.37 bits per heavy atom. The van der Waals surface area contributed by atoms with Gasteiger partial charge in [0.1, 0.15) is 0 Å². The highest BCUT2D eigenvalue weighted by atomic mass is 16.4. The van der Waals surface area contributed by atoms with Crippen LogP contribution in [0, 0.1) is 17.8 Å². The van der Waals surface area contributed by atoms with Gasteiger partial charge in [0.05, 0.1) is 12.0 Å². The van der Waals surface area contributed by atoms with Crippen molar-refractivity contribution in [3.05, 3.63) is 0 Å². The van der Waals surface area contributed by atoms with Crippen LogP contribution in [0.4, 0.5) is 4.79 Å². The minimum Gasteiger partial charge on any atom is -0.481 e. The van der Waals surface area contributed by atoms with Gasteiger partial charge in [-0.15, -0.1) is 0 Å². The van der Waals surface area contributed by atoms with Gasteiger partial charge in [-0.3, -0.25) is 4.79 Å². The Balaban J connectivity index is 1.89. The number of carbonyl (C=O) groups excluding carboxylic acids is 1. The summed E-state index contributed by atoms with van der Waals surface area (Å²) in [6.45, 7) is 3.08. The first-order chi connectivity index (χ1) is 8.90. The van der Waals surface area contributed by atoms with Crippen LogP contribution in [0.25, 0.3) is 0 Å². The van der Waals surface area contributed by atoms with E-state index in [1.807, 2.05) is 0 Å². The molecule has 6 heteroatoms. The average Bonchev–Trinajstić information content (AvgIpc) is 2.90. The molecule has 1 saturated carbocycles. The van der Waals surface area contributed by atoms with Gasteiger partial charge in [0.2, 0.25) is 0 Å². The molecular formula is C13H22N2O4. The number of nitrogens with zero attached hydrogens (tertiary/aromatic N) is 2. The van der Waals surface area contributed by atoms with Crippen LogP contribution in [0.2, 0.25) is 0 Å². The molecular weight excluding hydrogens is 248 g/mol. The van der Waals surface area contributed by atoms with Gasteiger partial charge in [-0.2, -0.15) is 0 Å². The molecule has 0 radical (unpaired) electrons. The highest BCUT2D eigenvalue weighted by molar-refractivity contribution is 5.76. The summed E-state index contributed by atoms with van der Waals surface area (Å²) in [6, 6.07) is -0.130. The van der Waals surface area contributed by atoms with E-state index in [4.69, 9.17) is 5.11 Å². The smallest absolute Gasteiger partial charge is 0.319 e. The molecule has 2 rings (SSSR count). The molecule has 4 atom stereocenters. The molecule has 1 heterocycles. The van der Waals surface area contributed by atoms with E-state index < -0.39 is 11.9 Å². The maximum Gasteiger partial charge on any atom is 0.319 e. The van der Waals surface area contributed by atoms with Gasteiger partial charge in [-0.05, 0) is 18.8 Å². The second-order valence-electron chi connectivity index (χ2n) is 5.88. The lowest BCUT2D eigenvalue weighted by Crippen LogP contribution is -2.43. The molecule has 0 spiro atoms. The number of likely N-dealkylation sites (tertiary alicyclic amines) is 1. The molecule has 0 bridgehead atoms. The van der Waals surface area contributed by atoms with Crippen molar-refractivity contribution in [1.29, 1.82) is 0 Å². The van der Waals surface area contributed by atoms with Gasteiger partial charge >= 0.3 is 12.0 Å². The Morgan fingerprint density at radius 3 is 2.63 bits per heavy atom. The Labute approximate surface area is 113 Å². The van der Waals surface area contributed by atoms with Crippen LogP contribution in [-0.2, 0) is 4.79 Å². The number of aliphatic carboxylic acids is 1. The first-order valence-corrected chi connectivity index (χ1v) is 6.81. The monoisotopic (exact) mass is 270 g/mol. The number of carboxylic acid groups (broad SMARTS) is 1. The van der Waals surface area contributed by atoms with Crippen molar-refractivity contribution >= 4 is 12.0 Å². The molecule has 2 fully saturated rings. The van der Waals surface area contributed by atoms with E-state index in [1.165, 1.54) is 4.90 Å². The number of hydrogen-bond donors (Lipinski definition) is 2. The standard InChI is InChI=1S/C13H22N2O4/c1-8(12(17)18)5-14(2)13(19)15-6-9-3-4-11(16)10(9)7-15/h8-11,16H,3-7H2,1-2H3,(H,17,18). The number of carboxylic acids is 1. The largest absolute Gasteiger partial charge is 0.481 e. The molecule has 2 aliphatic rings. The number of hydrogen-bond acceptors (Lipinski definition) is 3. The minimum atomic E-state index is -0.895. The van der Waals surface area contributed by atoms with Crippen LogP contribution in [0.5, 0.6) is 0 Å². The fourth-order valence-electron chi connectivity index (χ4n) is 3.20. The predicted octanol–water partition coefficient (Wildman–Crippen LogP) is 0.462. The van der Waals surface area contributed by atoms with Crippen molar-refractivity contribution in [1.82, 2.24) is 9.80 Å². The molecule has 0 aromatic rings. The minimum absolute atomic E-state index is 0.130. The van der Waals surface area contributed by atoms with E-state index in [1.54, 1.807) is 18.9 Å². The van der Waals surface area contributed by atoms with Crippen molar-refractivity contribution in [3.63, 3.8) is 0 Å². The summed E-state index contributed by atoms with van der Waals surface area (Å²) in [6.07, 6.45) is 1.53. The number of aliphatic hydroxyl groups excluding tert-OH is 1. The lowest BCUT2D eigenvalue weighted by molar-refractivity contribution is -0.141. The summed E-state index contributed by atoms with van der Waals surface area (Å²) in [5.41, 5.74) is 0.